The van der Waals surface area contributed by atoms with Crippen molar-refractivity contribution in [2.24, 2.45) is 4.40 Å². The summed E-state index contributed by atoms with van der Waals surface area (Å²) in [5, 5.41) is 0. The number of rotatable bonds is 5. The van der Waals surface area contributed by atoms with Gasteiger partial charge in [-0.1, -0.05) is 15.9 Å². The molecule has 0 fully saturated rings. The standard InChI is InChI=1S/C12H17BrN2O3S/c1-10(18-9-8-15(2)3)14-19(16,17)12-6-4-11(13)5-7-12/h4-7H,8-9H2,1-3H3/b14-10+. The third-order valence-corrected chi connectivity index (χ3v) is 4.10. The first-order valence-electron chi connectivity index (χ1n) is 5.66. The molecule has 1 aromatic rings. The molecule has 0 aliphatic heterocycles. The molecular weight excluding hydrogens is 332 g/mol. The van der Waals surface area contributed by atoms with E-state index in [1.165, 1.54) is 19.1 Å². The first kappa shape index (κ1) is 16.1. The van der Waals surface area contributed by atoms with Crippen LogP contribution in [0.4, 0.5) is 0 Å². The van der Waals surface area contributed by atoms with Crippen molar-refractivity contribution in [3.63, 3.8) is 0 Å². The number of nitrogens with zero attached hydrogens (tertiary/aromatic N) is 2. The predicted octanol–water partition coefficient (Wildman–Crippen LogP) is 2.13. The van der Waals surface area contributed by atoms with E-state index in [0.717, 1.165) is 4.47 Å². The van der Waals surface area contributed by atoms with E-state index in [1.807, 2.05) is 19.0 Å². The molecule has 0 radical (unpaired) electrons. The molecule has 0 spiro atoms. The molecule has 19 heavy (non-hydrogen) atoms. The lowest BCUT2D eigenvalue weighted by atomic mass is 10.4. The quantitative estimate of drug-likeness (QED) is 0.604. The zero-order valence-corrected chi connectivity index (χ0v) is 13.5. The average molecular weight is 349 g/mol. The number of hydrogen-bond acceptors (Lipinski definition) is 4. The highest BCUT2D eigenvalue weighted by atomic mass is 79.9. The van der Waals surface area contributed by atoms with Gasteiger partial charge in [0.1, 0.15) is 6.61 Å². The van der Waals surface area contributed by atoms with Crippen molar-refractivity contribution in [3.8, 4) is 0 Å². The van der Waals surface area contributed by atoms with E-state index in [1.54, 1.807) is 12.1 Å². The van der Waals surface area contributed by atoms with E-state index in [4.69, 9.17) is 4.74 Å². The van der Waals surface area contributed by atoms with Crippen molar-refractivity contribution in [2.45, 2.75) is 11.8 Å². The van der Waals surface area contributed by atoms with Crippen LogP contribution in [0.3, 0.4) is 0 Å². The van der Waals surface area contributed by atoms with Crippen LogP contribution in [-0.4, -0.2) is 46.5 Å². The molecule has 0 aliphatic rings. The van der Waals surface area contributed by atoms with E-state index in [-0.39, 0.29) is 10.8 Å². The summed E-state index contributed by atoms with van der Waals surface area (Å²) in [5.41, 5.74) is 0. The predicted molar refractivity (Wildman–Crippen MR) is 78.9 cm³/mol. The lowest BCUT2D eigenvalue weighted by molar-refractivity contribution is 0.250. The summed E-state index contributed by atoms with van der Waals surface area (Å²) in [6, 6.07) is 6.31. The molecule has 0 saturated heterocycles. The van der Waals surface area contributed by atoms with Gasteiger partial charge in [0.05, 0.1) is 4.90 Å². The van der Waals surface area contributed by atoms with Crippen LogP contribution in [-0.2, 0) is 14.8 Å². The number of halogens is 1. The Labute approximate surface area is 122 Å². The topological polar surface area (TPSA) is 59.0 Å². The van der Waals surface area contributed by atoms with Crippen LogP contribution in [0.5, 0.6) is 0 Å². The second-order valence-corrected chi connectivity index (χ2v) is 6.71. The van der Waals surface area contributed by atoms with Crippen LogP contribution >= 0.6 is 15.9 Å². The maximum absolute atomic E-state index is 12.0. The minimum atomic E-state index is -3.70. The summed E-state index contributed by atoms with van der Waals surface area (Å²) in [7, 11) is 0.124. The van der Waals surface area contributed by atoms with Gasteiger partial charge in [0, 0.05) is 17.9 Å². The fourth-order valence-electron chi connectivity index (χ4n) is 1.23. The highest BCUT2D eigenvalue weighted by Crippen LogP contribution is 2.16. The molecule has 0 aliphatic carbocycles. The molecular formula is C12H17BrN2O3S. The van der Waals surface area contributed by atoms with E-state index in [0.29, 0.717) is 13.2 Å². The Morgan fingerprint density at radius 2 is 1.89 bits per heavy atom. The zero-order chi connectivity index (χ0) is 14.5. The molecule has 0 atom stereocenters. The summed E-state index contributed by atoms with van der Waals surface area (Å²) in [4.78, 5) is 2.09. The number of likely N-dealkylation sites (N-methyl/N-ethyl adjacent to an activating group) is 1. The Hall–Kier alpha value is -0.920. The van der Waals surface area contributed by atoms with Gasteiger partial charge in [0.2, 0.25) is 0 Å². The Morgan fingerprint density at radius 3 is 2.42 bits per heavy atom. The second kappa shape index (κ2) is 7.02. The van der Waals surface area contributed by atoms with Crippen LogP contribution < -0.4 is 0 Å². The van der Waals surface area contributed by atoms with Gasteiger partial charge in [0.15, 0.2) is 5.90 Å². The lowest BCUT2D eigenvalue weighted by Crippen LogP contribution is -2.19. The van der Waals surface area contributed by atoms with Crippen LogP contribution in [0, 0.1) is 0 Å². The van der Waals surface area contributed by atoms with Gasteiger partial charge in [-0.2, -0.15) is 8.42 Å². The summed E-state index contributed by atoms with van der Waals surface area (Å²) < 4.78 is 33.6. The molecule has 5 nitrogen and oxygen atoms in total. The van der Waals surface area contributed by atoms with Crippen LogP contribution in [0.1, 0.15) is 6.92 Å². The van der Waals surface area contributed by atoms with Crippen LogP contribution in [0.15, 0.2) is 38.0 Å². The molecule has 1 aromatic carbocycles. The molecule has 0 N–H and O–H groups in total. The Kier molecular flexibility index (Phi) is 5.96. The van der Waals surface area contributed by atoms with Crippen molar-refractivity contribution in [2.75, 3.05) is 27.2 Å². The number of benzene rings is 1. The van der Waals surface area contributed by atoms with Gasteiger partial charge in [-0.05, 0) is 38.4 Å². The second-order valence-electron chi connectivity index (χ2n) is 4.19. The molecule has 0 heterocycles. The van der Waals surface area contributed by atoms with E-state index in [2.05, 4.69) is 20.3 Å². The van der Waals surface area contributed by atoms with Crippen molar-refractivity contribution in [1.82, 2.24) is 4.90 Å². The van der Waals surface area contributed by atoms with Gasteiger partial charge < -0.3 is 9.64 Å². The summed E-state index contributed by atoms with van der Waals surface area (Å²) >= 11 is 3.25. The maximum Gasteiger partial charge on any atom is 0.285 e. The molecule has 0 saturated carbocycles. The summed E-state index contributed by atoms with van der Waals surface area (Å²) in [5.74, 6) is 0.143. The monoisotopic (exact) mass is 348 g/mol. The lowest BCUT2D eigenvalue weighted by Gasteiger charge is -2.10. The Bertz CT molecular complexity index is 539. The molecule has 1 rings (SSSR count). The zero-order valence-electron chi connectivity index (χ0n) is 11.1. The molecule has 0 bridgehead atoms. The van der Waals surface area contributed by atoms with Crippen LogP contribution in [0.2, 0.25) is 0 Å². The van der Waals surface area contributed by atoms with Crippen LogP contribution in [0.25, 0.3) is 0 Å². The van der Waals surface area contributed by atoms with Gasteiger partial charge >= 0.3 is 0 Å². The minimum absolute atomic E-state index is 0.143. The first-order chi connectivity index (χ1) is 8.81. The smallest absolute Gasteiger partial charge is 0.285 e. The average Bonchev–Trinajstić information content (AvgIpc) is 2.28. The van der Waals surface area contributed by atoms with Crippen molar-refractivity contribution in [3.05, 3.63) is 28.7 Å². The maximum atomic E-state index is 12.0. The number of hydrogen-bond donors (Lipinski definition) is 0. The van der Waals surface area contributed by atoms with Crippen molar-refractivity contribution < 1.29 is 13.2 Å². The highest BCUT2D eigenvalue weighted by molar-refractivity contribution is 9.10. The minimum Gasteiger partial charge on any atom is -0.479 e. The fraction of sp³-hybridized carbons (Fsp3) is 0.417. The third-order valence-electron chi connectivity index (χ3n) is 2.21. The normalized spacial score (nSPS) is 12.8. The van der Waals surface area contributed by atoms with Gasteiger partial charge in [-0.25, -0.2) is 0 Å². The van der Waals surface area contributed by atoms with Gasteiger partial charge in [-0.15, -0.1) is 4.40 Å². The molecule has 0 aromatic heterocycles. The van der Waals surface area contributed by atoms with Gasteiger partial charge in [0.25, 0.3) is 10.0 Å². The Balaban J connectivity index is 2.75. The summed E-state index contributed by atoms with van der Waals surface area (Å²) in [6.45, 7) is 2.63. The van der Waals surface area contributed by atoms with Gasteiger partial charge in [-0.3, -0.25) is 0 Å². The first-order valence-corrected chi connectivity index (χ1v) is 7.89. The van der Waals surface area contributed by atoms with E-state index in [9.17, 15) is 8.42 Å². The van der Waals surface area contributed by atoms with Crippen molar-refractivity contribution >= 4 is 31.9 Å². The van der Waals surface area contributed by atoms with Crippen molar-refractivity contribution in [1.29, 1.82) is 0 Å². The third kappa shape index (κ3) is 5.71. The summed E-state index contributed by atoms with van der Waals surface area (Å²) in [6.07, 6.45) is 0. The molecule has 7 heteroatoms. The largest absolute Gasteiger partial charge is 0.479 e. The molecule has 0 unspecified atom stereocenters. The van der Waals surface area contributed by atoms with E-state index >= 15 is 0 Å². The van der Waals surface area contributed by atoms with E-state index < -0.39 is 10.0 Å². The fourth-order valence-corrected chi connectivity index (χ4v) is 2.47. The molecule has 106 valence electrons. The molecule has 0 amide bonds. The number of sulfonamides is 1. The highest BCUT2D eigenvalue weighted by Gasteiger charge is 2.13. The number of ether oxygens (including phenoxy) is 1. The SMILES string of the molecule is C/C(=N\S(=O)(=O)c1ccc(Br)cc1)OCCN(C)C. The Morgan fingerprint density at radius 1 is 1.32 bits per heavy atom.